The molecule has 4 bridgehead atoms. The highest BCUT2D eigenvalue weighted by Gasteiger charge is 2.51. The molecule has 0 unspecified atom stereocenters. The molecule has 10 rings (SSSR count). The Kier molecular flexibility index (Phi) is 8.82. The van der Waals surface area contributed by atoms with Crippen molar-refractivity contribution in [3.63, 3.8) is 0 Å². The Hall–Kier alpha value is -4.32. The van der Waals surface area contributed by atoms with E-state index >= 15 is 0 Å². The maximum Gasteiger partial charge on any atom is 0.164 e. The summed E-state index contributed by atoms with van der Waals surface area (Å²) in [4.78, 5) is 16.7. The normalized spacial score (nSPS) is 22.4. The summed E-state index contributed by atoms with van der Waals surface area (Å²) in [7, 11) is -2.27. The van der Waals surface area contributed by atoms with Gasteiger partial charge in [0.25, 0.3) is 0 Å². The summed E-state index contributed by atoms with van der Waals surface area (Å²) in [5.41, 5.74) is 9.89. The maximum atomic E-state index is 5.12. The van der Waals surface area contributed by atoms with Gasteiger partial charge in [-0.15, -0.1) is 0 Å². The molecule has 6 aromatic rings. The van der Waals surface area contributed by atoms with Gasteiger partial charge in [0.15, 0.2) is 17.5 Å². The molecule has 0 spiro atoms. The van der Waals surface area contributed by atoms with Crippen molar-refractivity contribution in [3.8, 4) is 56.4 Å². The van der Waals surface area contributed by atoms with Crippen LogP contribution in [0.15, 0.2) is 126 Å². The third kappa shape index (κ3) is 6.90. The molecule has 0 atom stereocenters. The Bertz CT molecular complexity index is 2200. The molecule has 0 amide bonds. The van der Waals surface area contributed by atoms with Crippen LogP contribution in [0.5, 0.6) is 0 Å². The zero-order valence-corrected chi connectivity index (χ0v) is 34.6. The van der Waals surface area contributed by atoms with Crippen molar-refractivity contribution in [1.29, 1.82) is 0 Å². The Morgan fingerprint density at radius 1 is 0.481 bits per heavy atom. The highest BCUT2D eigenvalue weighted by Crippen LogP contribution is 2.60. The fraction of sp³-hybridized carbons (Fsp3) is 0.327. The van der Waals surface area contributed by atoms with E-state index in [-0.39, 0.29) is 0 Å². The second-order valence-electron chi connectivity index (χ2n) is 18.4. The van der Waals surface area contributed by atoms with Crippen LogP contribution in [0.2, 0.25) is 19.6 Å². The maximum absolute atomic E-state index is 5.12. The average molecular weight is 744 g/mol. The van der Waals surface area contributed by atoms with Crippen molar-refractivity contribution < 1.29 is 0 Å². The zero-order chi connectivity index (χ0) is 37.2. The summed E-state index contributed by atoms with van der Waals surface area (Å²) in [5.74, 6) is 4.97. The first-order valence-corrected chi connectivity index (χ1v) is 26.2. The van der Waals surface area contributed by atoms with Gasteiger partial charge in [-0.25, -0.2) is 25.0 Å². The van der Waals surface area contributed by atoms with Gasteiger partial charge in [-0.1, -0.05) is 122 Å². The van der Waals surface area contributed by atoms with Gasteiger partial charge in [0.05, 0.1) is 8.07 Å². The molecule has 5 aromatic carbocycles. The molecule has 0 saturated heterocycles. The molecule has 1 aromatic heterocycles. The molecule has 4 aliphatic rings. The number of hydrogen-bond donors (Lipinski definition) is 0. The van der Waals surface area contributed by atoms with E-state index in [0.29, 0.717) is 22.9 Å². The molecule has 0 aliphatic heterocycles. The summed E-state index contributed by atoms with van der Waals surface area (Å²) < 4.78 is 0. The SMILES string of the molecule is C[Si](C)(C)c1ccc(-c2nc(-c3ccc(S(C)(C)C)cc3)nc(-c3cccc(-c4cccc(-c5ccc(C67CC8CC(CC(C8)C6)C7)cc5)c4)c3)n2)cc1. The van der Waals surface area contributed by atoms with Crippen LogP contribution < -0.4 is 5.19 Å². The van der Waals surface area contributed by atoms with Crippen molar-refractivity contribution in [2.45, 2.75) is 68.5 Å². The van der Waals surface area contributed by atoms with Crippen LogP contribution in [-0.2, 0) is 5.41 Å². The second-order valence-corrected chi connectivity index (χ2v) is 27.7. The van der Waals surface area contributed by atoms with E-state index in [4.69, 9.17) is 15.0 Å². The molecule has 274 valence electrons. The van der Waals surface area contributed by atoms with Crippen LogP contribution in [0.25, 0.3) is 56.4 Å². The van der Waals surface area contributed by atoms with E-state index in [2.05, 4.69) is 160 Å². The Balaban J connectivity index is 1.04. The molecule has 4 saturated carbocycles. The summed E-state index contributed by atoms with van der Waals surface area (Å²) in [6, 6.07) is 45.0. The lowest BCUT2D eigenvalue weighted by molar-refractivity contribution is -0.00518. The van der Waals surface area contributed by atoms with Crippen LogP contribution in [-0.4, -0.2) is 41.8 Å². The fourth-order valence-corrected chi connectivity index (χ4v) is 12.2. The molecule has 0 radical (unpaired) electrons. The third-order valence-corrected chi connectivity index (χ3v) is 16.4. The van der Waals surface area contributed by atoms with Crippen LogP contribution >= 0.6 is 10.0 Å². The van der Waals surface area contributed by atoms with Crippen LogP contribution in [0, 0.1) is 17.8 Å². The number of nitrogens with zero attached hydrogens (tertiary/aromatic N) is 3. The monoisotopic (exact) mass is 743 g/mol. The van der Waals surface area contributed by atoms with Crippen molar-refractivity contribution in [1.82, 2.24) is 15.0 Å². The van der Waals surface area contributed by atoms with Gasteiger partial charge in [-0.2, -0.15) is 0 Å². The number of rotatable bonds is 8. The van der Waals surface area contributed by atoms with E-state index in [1.165, 1.54) is 65.3 Å². The zero-order valence-electron chi connectivity index (χ0n) is 32.8. The average Bonchev–Trinajstić information content (AvgIpc) is 3.17. The number of aromatic nitrogens is 3. The minimum absolute atomic E-state index is 0.429. The van der Waals surface area contributed by atoms with Crippen molar-refractivity contribution >= 4 is 23.3 Å². The van der Waals surface area contributed by atoms with Crippen LogP contribution in [0.3, 0.4) is 0 Å². The molecule has 0 N–H and O–H groups in total. The highest BCUT2D eigenvalue weighted by molar-refractivity contribution is 8.32. The highest BCUT2D eigenvalue weighted by atomic mass is 32.3. The Labute approximate surface area is 325 Å². The first kappa shape index (κ1) is 35.4. The number of benzene rings is 5. The molecule has 4 aliphatic carbocycles. The van der Waals surface area contributed by atoms with E-state index < -0.39 is 18.1 Å². The minimum atomic E-state index is -1.44. The van der Waals surface area contributed by atoms with Gasteiger partial charge in [0.2, 0.25) is 0 Å². The lowest BCUT2D eigenvalue weighted by Crippen LogP contribution is -2.48. The van der Waals surface area contributed by atoms with Gasteiger partial charge in [-0.05, 0) is 137 Å². The van der Waals surface area contributed by atoms with Crippen LogP contribution in [0.4, 0.5) is 0 Å². The first-order chi connectivity index (χ1) is 25.9. The van der Waals surface area contributed by atoms with Crippen molar-refractivity contribution in [3.05, 3.63) is 127 Å². The predicted molar refractivity (Wildman–Crippen MR) is 233 cm³/mol. The number of hydrogen-bond acceptors (Lipinski definition) is 3. The van der Waals surface area contributed by atoms with E-state index in [0.717, 1.165) is 40.0 Å². The second kappa shape index (κ2) is 13.5. The Morgan fingerprint density at radius 3 is 1.37 bits per heavy atom. The summed E-state index contributed by atoms with van der Waals surface area (Å²) >= 11 is 0. The van der Waals surface area contributed by atoms with Crippen molar-refractivity contribution in [2.24, 2.45) is 17.8 Å². The quantitative estimate of drug-likeness (QED) is 0.146. The van der Waals surface area contributed by atoms with Gasteiger partial charge in [0.1, 0.15) is 0 Å². The van der Waals surface area contributed by atoms with Gasteiger partial charge < -0.3 is 0 Å². The molecule has 4 fully saturated rings. The molecule has 5 heteroatoms. The molecule has 1 heterocycles. The Morgan fingerprint density at radius 2 is 0.889 bits per heavy atom. The molecule has 54 heavy (non-hydrogen) atoms. The molecule has 3 nitrogen and oxygen atoms in total. The van der Waals surface area contributed by atoms with Crippen LogP contribution in [0.1, 0.15) is 44.1 Å². The third-order valence-electron chi connectivity index (χ3n) is 12.6. The standard InChI is InChI=1S/C49H53N3SSi/c1-53(2,3)44-21-15-37(16-22-44)46-50-47(38-17-23-45(24-18-38)54(4,5)6)52-48(51-46)42-12-8-11-41(29-42)40-10-7-9-39(28-40)36-13-19-43(20-14-36)49-30-33-25-34(31-49)27-35(26-33)32-49/h7-24,28-29,33-35H,25-27,30-32H2,1-6H3. The predicted octanol–water partition coefficient (Wildman–Crippen LogP) is 12.3. The topological polar surface area (TPSA) is 38.7 Å². The van der Waals surface area contributed by atoms with Gasteiger partial charge in [0, 0.05) is 16.7 Å². The molecular weight excluding hydrogens is 691 g/mol. The minimum Gasteiger partial charge on any atom is -0.223 e. The summed E-state index contributed by atoms with van der Waals surface area (Å²) in [5, 5.41) is 1.43. The summed E-state index contributed by atoms with van der Waals surface area (Å²) in [6.07, 6.45) is 15.7. The fourth-order valence-electron chi connectivity index (χ4n) is 10.1. The van der Waals surface area contributed by atoms with E-state index in [9.17, 15) is 0 Å². The van der Waals surface area contributed by atoms with E-state index in [1.54, 1.807) is 5.56 Å². The largest absolute Gasteiger partial charge is 0.223 e. The first-order valence-electron chi connectivity index (χ1n) is 19.9. The lowest BCUT2D eigenvalue weighted by Gasteiger charge is -2.57. The smallest absolute Gasteiger partial charge is 0.164 e. The molecular formula is C49H53N3SSi. The van der Waals surface area contributed by atoms with Crippen molar-refractivity contribution in [2.75, 3.05) is 18.8 Å². The lowest BCUT2D eigenvalue weighted by atomic mass is 9.48. The van der Waals surface area contributed by atoms with E-state index in [1.807, 2.05) is 0 Å². The summed E-state index contributed by atoms with van der Waals surface area (Å²) in [6.45, 7) is 7.14. The van der Waals surface area contributed by atoms with Gasteiger partial charge in [-0.3, -0.25) is 0 Å². The van der Waals surface area contributed by atoms with Gasteiger partial charge >= 0.3 is 0 Å².